The van der Waals surface area contributed by atoms with E-state index in [2.05, 4.69) is 4.99 Å². The summed E-state index contributed by atoms with van der Waals surface area (Å²) in [5.41, 5.74) is 2.21. The Bertz CT molecular complexity index is 401. The van der Waals surface area contributed by atoms with Crippen LogP contribution in [-0.4, -0.2) is 37.3 Å². The molecule has 0 saturated carbocycles. The van der Waals surface area contributed by atoms with Crippen molar-refractivity contribution in [1.82, 2.24) is 0 Å². The molecule has 0 aliphatic rings. The maximum Gasteiger partial charge on any atom is 0.330 e. The maximum atomic E-state index is 11.5. The van der Waals surface area contributed by atoms with Gasteiger partial charge in [-0.15, -0.1) is 0 Å². The molecule has 1 unspecified atom stereocenters. The lowest BCUT2D eigenvalue weighted by Gasteiger charge is -2.08. The van der Waals surface area contributed by atoms with E-state index in [1.165, 1.54) is 12.7 Å². The molecule has 0 heterocycles. The number of carbonyl (C=O) groups excluding carboxylic acids is 1. The Labute approximate surface area is 113 Å². The number of benzene rings is 1. The standard InChI is InChI=1S/C14H19NO2S/c1-11-4-6-12(7-5-11)10-15-13(8-9-18-3)14(16)17-2/h4-7,10,13H,8-9H2,1-3H3. The lowest BCUT2D eigenvalue weighted by atomic mass is 10.1. The van der Waals surface area contributed by atoms with E-state index in [9.17, 15) is 4.79 Å². The topological polar surface area (TPSA) is 38.7 Å². The van der Waals surface area contributed by atoms with Gasteiger partial charge < -0.3 is 4.74 Å². The van der Waals surface area contributed by atoms with Gasteiger partial charge in [-0.2, -0.15) is 11.8 Å². The lowest BCUT2D eigenvalue weighted by Crippen LogP contribution is -2.21. The van der Waals surface area contributed by atoms with Gasteiger partial charge in [0.2, 0.25) is 0 Å². The van der Waals surface area contributed by atoms with Crippen LogP contribution in [0.3, 0.4) is 0 Å². The fourth-order valence-electron chi connectivity index (χ4n) is 1.45. The van der Waals surface area contributed by atoms with Crippen LogP contribution in [0.5, 0.6) is 0 Å². The Hall–Kier alpha value is -1.29. The minimum Gasteiger partial charge on any atom is -0.467 e. The molecule has 4 heteroatoms. The SMILES string of the molecule is COC(=O)C(CCSC)N=Cc1ccc(C)cc1. The summed E-state index contributed by atoms with van der Waals surface area (Å²) in [6.45, 7) is 2.04. The van der Waals surface area contributed by atoms with Crippen molar-refractivity contribution < 1.29 is 9.53 Å². The number of carbonyl (C=O) groups is 1. The van der Waals surface area contributed by atoms with E-state index in [-0.39, 0.29) is 5.97 Å². The van der Waals surface area contributed by atoms with Crippen molar-refractivity contribution in [2.75, 3.05) is 19.1 Å². The number of hydrogen-bond donors (Lipinski definition) is 0. The predicted octanol–water partition coefficient (Wildman–Crippen LogP) is 2.71. The van der Waals surface area contributed by atoms with Crippen LogP contribution >= 0.6 is 11.8 Å². The third-order valence-electron chi connectivity index (χ3n) is 2.55. The van der Waals surface area contributed by atoms with Gasteiger partial charge in [0.1, 0.15) is 6.04 Å². The number of methoxy groups -OCH3 is 1. The van der Waals surface area contributed by atoms with E-state index in [1.807, 2.05) is 37.4 Å². The van der Waals surface area contributed by atoms with E-state index in [4.69, 9.17) is 4.74 Å². The van der Waals surface area contributed by atoms with Crippen molar-refractivity contribution in [1.29, 1.82) is 0 Å². The number of aryl methyl sites for hydroxylation is 1. The first-order valence-corrected chi connectivity index (χ1v) is 7.23. The molecule has 0 bridgehead atoms. The summed E-state index contributed by atoms with van der Waals surface area (Å²) in [7, 11) is 1.40. The second-order valence-corrected chi connectivity index (χ2v) is 4.99. The lowest BCUT2D eigenvalue weighted by molar-refractivity contribution is -0.142. The van der Waals surface area contributed by atoms with Gasteiger partial charge in [0.05, 0.1) is 7.11 Å². The largest absolute Gasteiger partial charge is 0.467 e. The van der Waals surface area contributed by atoms with E-state index in [0.717, 1.165) is 11.3 Å². The highest BCUT2D eigenvalue weighted by molar-refractivity contribution is 7.98. The molecule has 0 N–H and O–H groups in total. The zero-order chi connectivity index (χ0) is 13.4. The third-order valence-corrected chi connectivity index (χ3v) is 3.19. The molecule has 0 radical (unpaired) electrons. The molecule has 1 aromatic carbocycles. The summed E-state index contributed by atoms with van der Waals surface area (Å²) in [4.78, 5) is 15.9. The average molecular weight is 265 g/mol. The Balaban J connectivity index is 2.69. The van der Waals surface area contributed by atoms with Crippen LogP contribution in [-0.2, 0) is 9.53 Å². The minimum atomic E-state index is -0.399. The molecule has 0 aliphatic carbocycles. The molecule has 1 atom stereocenters. The van der Waals surface area contributed by atoms with Gasteiger partial charge in [-0.05, 0) is 30.9 Å². The van der Waals surface area contributed by atoms with Crippen molar-refractivity contribution in [2.24, 2.45) is 4.99 Å². The molecule has 0 amide bonds. The number of esters is 1. The van der Waals surface area contributed by atoms with Gasteiger partial charge in [0.15, 0.2) is 0 Å². The number of aliphatic imine (C=N–C) groups is 1. The fourth-order valence-corrected chi connectivity index (χ4v) is 1.91. The zero-order valence-corrected chi connectivity index (χ0v) is 11.9. The molecule has 18 heavy (non-hydrogen) atoms. The first-order chi connectivity index (χ1) is 8.67. The molecule has 0 spiro atoms. The van der Waals surface area contributed by atoms with Crippen LogP contribution in [0, 0.1) is 6.92 Å². The van der Waals surface area contributed by atoms with Crippen molar-refractivity contribution >= 4 is 23.9 Å². The monoisotopic (exact) mass is 265 g/mol. The van der Waals surface area contributed by atoms with Crippen molar-refractivity contribution in [3.63, 3.8) is 0 Å². The van der Waals surface area contributed by atoms with Crippen LogP contribution in [0.15, 0.2) is 29.3 Å². The normalized spacial score (nSPS) is 12.6. The maximum absolute atomic E-state index is 11.5. The fraction of sp³-hybridized carbons (Fsp3) is 0.429. The summed E-state index contributed by atoms with van der Waals surface area (Å²) < 4.78 is 4.76. The Morgan fingerprint density at radius 2 is 2.11 bits per heavy atom. The second kappa shape index (κ2) is 7.93. The molecule has 1 aromatic rings. The van der Waals surface area contributed by atoms with Crippen LogP contribution in [0.1, 0.15) is 17.5 Å². The van der Waals surface area contributed by atoms with Crippen molar-refractivity contribution in [2.45, 2.75) is 19.4 Å². The van der Waals surface area contributed by atoms with Gasteiger partial charge in [0, 0.05) is 6.21 Å². The zero-order valence-electron chi connectivity index (χ0n) is 11.1. The molecule has 0 saturated heterocycles. The number of nitrogens with zero attached hydrogens (tertiary/aromatic N) is 1. The highest BCUT2D eigenvalue weighted by atomic mass is 32.2. The third kappa shape index (κ3) is 4.92. The molecule has 0 aromatic heterocycles. The molecular weight excluding hydrogens is 246 g/mol. The van der Waals surface area contributed by atoms with E-state index < -0.39 is 6.04 Å². The van der Waals surface area contributed by atoms with Gasteiger partial charge in [-0.3, -0.25) is 4.99 Å². The van der Waals surface area contributed by atoms with Crippen LogP contribution < -0.4 is 0 Å². The molecule has 1 rings (SSSR count). The van der Waals surface area contributed by atoms with Crippen LogP contribution in [0.4, 0.5) is 0 Å². The van der Waals surface area contributed by atoms with Gasteiger partial charge in [-0.1, -0.05) is 29.8 Å². The molecule has 3 nitrogen and oxygen atoms in total. The van der Waals surface area contributed by atoms with E-state index in [0.29, 0.717) is 6.42 Å². The van der Waals surface area contributed by atoms with Gasteiger partial charge in [0.25, 0.3) is 0 Å². The Morgan fingerprint density at radius 3 is 2.67 bits per heavy atom. The molecule has 0 aliphatic heterocycles. The molecule has 98 valence electrons. The summed E-state index contributed by atoms with van der Waals surface area (Å²) >= 11 is 1.70. The number of ether oxygens (including phenoxy) is 1. The molecule has 0 fully saturated rings. The molecular formula is C14H19NO2S. The average Bonchev–Trinajstić information content (AvgIpc) is 2.40. The Kier molecular flexibility index (Phi) is 6.50. The summed E-state index contributed by atoms with van der Waals surface area (Å²) in [5, 5.41) is 0. The van der Waals surface area contributed by atoms with Gasteiger partial charge in [-0.25, -0.2) is 4.79 Å². The first kappa shape index (κ1) is 14.8. The first-order valence-electron chi connectivity index (χ1n) is 5.84. The van der Waals surface area contributed by atoms with Crippen molar-refractivity contribution in [3.05, 3.63) is 35.4 Å². The Morgan fingerprint density at radius 1 is 1.44 bits per heavy atom. The van der Waals surface area contributed by atoms with E-state index in [1.54, 1.807) is 18.0 Å². The minimum absolute atomic E-state index is 0.271. The highest BCUT2D eigenvalue weighted by Crippen LogP contribution is 2.07. The number of thioether (sulfide) groups is 1. The summed E-state index contributed by atoms with van der Waals surface area (Å²) in [6, 6.07) is 7.62. The summed E-state index contributed by atoms with van der Waals surface area (Å²) in [6.07, 6.45) is 4.45. The van der Waals surface area contributed by atoms with Gasteiger partial charge >= 0.3 is 5.97 Å². The van der Waals surface area contributed by atoms with Crippen LogP contribution in [0.25, 0.3) is 0 Å². The smallest absolute Gasteiger partial charge is 0.330 e. The van der Waals surface area contributed by atoms with Crippen LogP contribution in [0.2, 0.25) is 0 Å². The number of hydrogen-bond acceptors (Lipinski definition) is 4. The quantitative estimate of drug-likeness (QED) is 0.586. The second-order valence-electron chi connectivity index (χ2n) is 4.01. The van der Waals surface area contributed by atoms with Crippen molar-refractivity contribution in [3.8, 4) is 0 Å². The highest BCUT2D eigenvalue weighted by Gasteiger charge is 2.16. The number of rotatable bonds is 6. The predicted molar refractivity (Wildman–Crippen MR) is 77.6 cm³/mol. The summed E-state index contributed by atoms with van der Waals surface area (Å²) in [5.74, 6) is 0.623. The van der Waals surface area contributed by atoms with E-state index >= 15 is 0 Å².